The van der Waals surface area contributed by atoms with E-state index in [1.54, 1.807) is 6.07 Å². The van der Waals surface area contributed by atoms with Gasteiger partial charge in [0.05, 0.1) is 27.4 Å². The third kappa shape index (κ3) is 5.83. The van der Waals surface area contributed by atoms with Crippen LogP contribution in [0.4, 0.5) is 17.1 Å². The zero-order chi connectivity index (χ0) is 22.3. The standard InChI is InChI=1S/C24H22IN3O4/c25-23-15-18(4-9-24(23)32-17-19-2-1-3-22(14-19)28(29)30)16-26-20-5-7-21(8-6-20)27-10-12-31-13-11-27/h1-9,14-16H,10-13,17H2. The second-order valence-corrected chi connectivity index (χ2v) is 8.44. The smallest absolute Gasteiger partial charge is 0.269 e. The van der Waals surface area contributed by atoms with Crippen LogP contribution >= 0.6 is 22.6 Å². The second kappa shape index (κ2) is 10.6. The first-order chi connectivity index (χ1) is 15.6. The van der Waals surface area contributed by atoms with Crippen LogP contribution in [-0.2, 0) is 11.3 Å². The molecule has 0 spiro atoms. The lowest BCUT2D eigenvalue weighted by molar-refractivity contribution is -0.384. The van der Waals surface area contributed by atoms with Gasteiger partial charge in [0.2, 0.25) is 0 Å². The zero-order valence-corrected chi connectivity index (χ0v) is 19.5. The van der Waals surface area contributed by atoms with Gasteiger partial charge in [-0.3, -0.25) is 15.1 Å². The molecular weight excluding hydrogens is 521 g/mol. The summed E-state index contributed by atoms with van der Waals surface area (Å²) in [6.45, 7) is 3.63. The van der Waals surface area contributed by atoms with Crippen LogP contribution < -0.4 is 9.64 Å². The summed E-state index contributed by atoms with van der Waals surface area (Å²) >= 11 is 2.22. The molecule has 0 radical (unpaired) electrons. The van der Waals surface area contributed by atoms with E-state index in [2.05, 4.69) is 44.6 Å². The van der Waals surface area contributed by atoms with Crippen molar-refractivity contribution in [2.24, 2.45) is 4.99 Å². The number of non-ortho nitro benzene ring substituents is 1. The SMILES string of the molecule is O=[N+]([O-])c1cccc(COc2ccc(C=Nc3ccc(N4CCOCC4)cc3)cc2I)c1. The molecule has 0 amide bonds. The normalized spacial score (nSPS) is 14.0. The number of anilines is 1. The summed E-state index contributed by atoms with van der Waals surface area (Å²) in [6, 6.07) is 20.5. The number of benzene rings is 3. The van der Waals surface area contributed by atoms with Gasteiger partial charge in [0.25, 0.3) is 5.69 Å². The number of hydrogen-bond acceptors (Lipinski definition) is 6. The monoisotopic (exact) mass is 543 g/mol. The Hall–Kier alpha value is -2.98. The number of nitro benzene ring substituents is 1. The lowest BCUT2D eigenvalue weighted by Gasteiger charge is -2.28. The molecule has 7 nitrogen and oxygen atoms in total. The minimum Gasteiger partial charge on any atom is -0.488 e. The highest BCUT2D eigenvalue weighted by molar-refractivity contribution is 14.1. The Labute approximate surface area is 200 Å². The van der Waals surface area contributed by atoms with Crippen molar-refractivity contribution < 1.29 is 14.4 Å². The molecule has 1 fully saturated rings. The molecule has 8 heteroatoms. The first-order valence-corrected chi connectivity index (χ1v) is 11.3. The van der Waals surface area contributed by atoms with Crippen LogP contribution in [-0.4, -0.2) is 37.4 Å². The summed E-state index contributed by atoms with van der Waals surface area (Å²) in [4.78, 5) is 17.4. The van der Waals surface area contributed by atoms with Crippen LogP contribution in [0.3, 0.4) is 0 Å². The van der Waals surface area contributed by atoms with Gasteiger partial charge in [-0.05, 0) is 76.2 Å². The third-order valence-electron chi connectivity index (χ3n) is 5.06. The van der Waals surface area contributed by atoms with Gasteiger partial charge in [-0.15, -0.1) is 0 Å². The number of halogens is 1. The fraction of sp³-hybridized carbons (Fsp3) is 0.208. The highest BCUT2D eigenvalue weighted by Crippen LogP contribution is 2.24. The van der Waals surface area contributed by atoms with Crippen LogP contribution in [0.1, 0.15) is 11.1 Å². The van der Waals surface area contributed by atoms with E-state index in [1.165, 1.54) is 17.8 Å². The number of morpholine rings is 1. The first kappa shape index (κ1) is 22.2. The maximum absolute atomic E-state index is 10.9. The topological polar surface area (TPSA) is 77.2 Å². The van der Waals surface area contributed by atoms with Crippen molar-refractivity contribution in [3.05, 3.63) is 91.5 Å². The molecule has 3 aromatic carbocycles. The predicted octanol–water partition coefficient (Wildman–Crippen LogP) is 5.37. The van der Waals surface area contributed by atoms with E-state index < -0.39 is 4.92 Å². The minimum absolute atomic E-state index is 0.0605. The molecule has 32 heavy (non-hydrogen) atoms. The van der Waals surface area contributed by atoms with Gasteiger partial charge < -0.3 is 14.4 Å². The van der Waals surface area contributed by atoms with Gasteiger partial charge in [-0.25, -0.2) is 0 Å². The molecule has 0 N–H and O–H groups in total. The molecule has 0 saturated carbocycles. The molecule has 1 aliphatic rings. The molecule has 1 heterocycles. The number of nitro groups is 1. The quantitative estimate of drug-likeness (QED) is 0.174. The predicted molar refractivity (Wildman–Crippen MR) is 133 cm³/mol. The average Bonchev–Trinajstić information content (AvgIpc) is 2.83. The lowest BCUT2D eigenvalue weighted by Crippen LogP contribution is -2.36. The number of aliphatic imine (C=N–C) groups is 1. The Bertz CT molecular complexity index is 1110. The summed E-state index contributed by atoms with van der Waals surface area (Å²) in [5.41, 5.74) is 3.86. The van der Waals surface area contributed by atoms with Crippen LogP contribution in [0.2, 0.25) is 0 Å². The minimum atomic E-state index is -0.405. The maximum atomic E-state index is 10.9. The molecule has 0 atom stereocenters. The molecule has 0 bridgehead atoms. The number of nitrogens with zero attached hydrogens (tertiary/aromatic N) is 3. The summed E-state index contributed by atoms with van der Waals surface area (Å²) in [5.74, 6) is 0.726. The summed E-state index contributed by atoms with van der Waals surface area (Å²) < 4.78 is 12.2. The molecule has 0 aliphatic carbocycles. The van der Waals surface area contributed by atoms with Crippen LogP contribution in [0.5, 0.6) is 5.75 Å². The zero-order valence-electron chi connectivity index (χ0n) is 17.3. The Kier molecular flexibility index (Phi) is 7.33. The molecule has 164 valence electrons. The van der Waals surface area contributed by atoms with Crippen molar-refractivity contribution in [2.75, 3.05) is 31.2 Å². The maximum Gasteiger partial charge on any atom is 0.269 e. The van der Waals surface area contributed by atoms with Gasteiger partial charge in [-0.1, -0.05) is 12.1 Å². The van der Waals surface area contributed by atoms with E-state index in [1.807, 2.05) is 42.6 Å². The molecule has 0 unspecified atom stereocenters. The van der Waals surface area contributed by atoms with E-state index >= 15 is 0 Å². The molecule has 1 saturated heterocycles. The Balaban J connectivity index is 1.37. The molecule has 1 aliphatic heterocycles. The molecule has 0 aromatic heterocycles. The van der Waals surface area contributed by atoms with Gasteiger partial charge in [0.15, 0.2) is 0 Å². The van der Waals surface area contributed by atoms with Gasteiger partial charge >= 0.3 is 0 Å². The Morgan fingerprint density at radius 1 is 1.09 bits per heavy atom. The molecule has 3 aromatic rings. The summed E-state index contributed by atoms with van der Waals surface area (Å²) in [6.07, 6.45) is 1.83. The first-order valence-electron chi connectivity index (χ1n) is 10.2. The van der Waals surface area contributed by atoms with Crippen molar-refractivity contribution in [2.45, 2.75) is 6.61 Å². The van der Waals surface area contributed by atoms with Crippen molar-refractivity contribution in [3.63, 3.8) is 0 Å². The Morgan fingerprint density at radius 3 is 2.59 bits per heavy atom. The van der Waals surface area contributed by atoms with Crippen LogP contribution in [0.15, 0.2) is 71.7 Å². The number of rotatable bonds is 7. The fourth-order valence-electron chi connectivity index (χ4n) is 3.36. The van der Waals surface area contributed by atoms with E-state index in [0.29, 0.717) is 0 Å². The highest BCUT2D eigenvalue weighted by Gasteiger charge is 2.11. The molecule has 4 rings (SSSR count). The van der Waals surface area contributed by atoms with Crippen LogP contribution in [0.25, 0.3) is 0 Å². The van der Waals surface area contributed by atoms with Crippen molar-refractivity contribution in [1.29, 1.82) is 0 Å². The van der Waals surface area contributed by atoms with Crippen molar-refractivity contribution in [1.82, 2.24) is 0 Å². The second-order valence-electron chi connectivity index (χ2n) is 7.28. The van der Waals surface area contributed by atoms with E-state index in [-0.39, 0.29) is 12.3 Å². The highest BCUT2D eigenvalue weighted by atomic mass is 127. The molecular formula is C24H22IN3O4. The van der Waals surface area contributed by atoms with Gasteiger partial charge in [0.1, 0.15) is 12.4 Å². The fourth-order valence-corrected chi connectivity index (χ4v) is 4.05. The number of ether oxygens (including phenoxy) is 2. The van der Waals surface area contributed by atoms with Crippen molar-refractivity contribution >= 4 is 45.9 Å². The van der Waals surface area contributed by atoms with Crippen LogP contribution in [0, 0.1) is 13.7 Å². The lowest BCUT2D eigenvalue weighted by atomic mass is 10.2. The van der Waals surface area contributed by atoms with E-state index in [4.69, 9.17) is 9.47 Å². The van der Waals surface area contributed by atoms with Crippen molar-refractivity contribution in [3.8, 4) is 5.75 Å². The van der Waals surface area contributed by atoms with Gasteiger partial charge in [0, 0.05) is 37.1 Å². The number of hydrogen-bond donors (Lipinski definition) is 0. The van der Waals surface area contributed by atoms with E-state index in [9.17, 15) is 10.1 Å². The Morgan fingerprint density at radius 2 is 1.88 bits per heavy atom. The third-order valence-corrected chi connectivity index (χ3v) is 5.90. The summed E-state index contributed by atoms with van der Waals surface area (Å²) in [5, 5.41) is 10.9. The summed E-state index contributed by atoms with van der Waals surface area (Å²) in [7, 11) is 0. The van der Waals surface area contributed by atoms with Gasteiger partial charge in [-0.2, -0.15) is 0 Å². The average molecular weight is 543 g/mol. The van der Waals surface area contributed by atoms with E-state index in [0.717, 1.165) is 52.4 Å². The largest absolute Gasteiger partial charge is 0.488 e.